The van der Waals surface area contributed by atoms with E-state index in [4.69, 9.17) is 4.74 Å². The maximum Gasteiger partial charge on any atom is 0.311 e. The number of hydrogen-bond acceptors (Lipinski definition) is 3. The molecule has 132 valence electrons. The van der Waals surface area contributed by atoms with E-state index in [1.807, 2.05) is 19.1 Å². The number of carbonyl (C=O) groups excluding carboxylic acids is 1. The molecule has 4 atom stereocenters. The van der Waals surface area contributed by atoms with E-state index in [-0.39, 0.29) is 11.4 Å². The van der Waals surface area contributed by atoms with Crippen molar-refractivity contribution in [3.05, 3.63) is 29.3 Å². The lowest BCUT2D eigenvalue weighted by molar-refractivity contribution is -0.161. The highest BCUT2D eigenvalue weighted by molar-refractivity contribution is 5.77. The molecule has 2 aliphatic carbocycles. The van der Waals surface area contributed by atoms with E-state index in [1.54, 1.807) is 0 Å². The summed E-state index contributed by atoms with van der Waals surface area (Å²) in [7, 11) is 0. The van der Waals surface area contributed by atoms with Crippen molar-refractivity contribution in [2.75, 3.05) is 6.61 Å². The number of benzene rings is 1. The standard InChI is InChI=1S/C21H30O3/c1-5-24-19(23)20(4)11-16-8-15(3)10-21(12-16,13-20)17-9-14(2)6-7-18(17)22/h6-7,9,15-16,22H,5,8,10-13H2,1-4H3. The van der Waals surface area contributed by atoms with E-state index < -0.39 is 5.41 Å². The molecule has 0 amide bonds. The maximum atomic E-state index is 12.7. The fraction of sp³-hybridized carbons (Fsp3) is 0.667. The zero-order valence-corrected chi connectivity index (χ0v) is 15.4. The Morgan fingerprint density at radius 1 is 1.33 bits per heavy atom. The van der Waals surface area contributed by atoms with Crippen molar-refractivity contribution < 1.29 is 14.6 Å². The molecule has 0 saturated heterocycles. The van der Waals surface area contributed by atoms with Crippen LogP contribution in [-0.4, -0.2) is 17.7 Å². The number of phenolic OH excluding ortho intramolecular Hbond substituents is 1. The van der Waals surface area contributed by atoms with Gasteiger partial charge < -0.3 is 9.84 Å². The SMILES string of the molecule is CCOC(=O)C1(C)CC2CC(C)CC(c3cc(C)ccc3O)(C2)C1. The predicted molar refractivity (Wildman–Crippen MR) is 95.0 cm³/mol. The smallest absolute Gasteiger partial charge is 0.311 e. The number of fused-ring (bicyclic) bond motifs is 2. The molecule has 1 aromatic rings. The maximum absolute atomic E-state index is 12.7. The van der Waals surface area contributed by atoms with Crippen molar-refractivity contribution in [1.82, 2.24) is 0 Å². The van der Waals surface area contributed by atoms with Crippen molar-refractivity contribution in [2.24, 2.45) is 17.3 Å². The lowest BCUT2D eigenvalue weighted by atomic mass is 9.50. The Balaban J connectivity index is 2.05. The quantitative estimate of drug-likeness (QED) is 0.814. The first-order chi connectivity index (χ1) is 11.3. The number of phenols is 1. The topological polar surface area (TPSA) is 46.5 Å². The van der Waals surface area contributed by atoms with E-state index >= 15 is 0 Å². The molecule has 0 spiro atoms. The summed E-state index contributed by atoms with van der Waals surface area (Å²) in [6.07, 6.45) is 4.96. The molecule has 0 aromatic heterocycles. The molecule has 1 N–H and O–H groups in total. The number of ether oxygens (including phenoxy) is 1. The molecule has 2 saturated carbocycles. The molecule has 0 aliphatic heterocycles. The van der Waals surface area contributed by atoms with Gasteiger partial charge in [0.25, 0.3) is 0 Å². The van der Waals surface area contributed by atoms with Crippen molar-refractivity contribution in [3.63, 3.8) is 0 Å². The van der Waals surface area contributed by atoms with Crippen LogP contribution >= 0.6 is 0 Å². The van der Waals surface area contributed by atoms with Crippen molar-refractivity contribution >= 4 is 5.97 Å². The highest BCUT2D eigenvalue weighted by Gasteiger charge is 2.54. The van der Waals surface area contributed by atoms with Gasteiger partial charge in [0.05, 0.1) is 12.0 Å². The van der Waals surface area contributed by atoms with E-state index in [9.17, 15) is 9.90 Å². The van der Waals surface area contributed by atoms with Gasteiger partial charge in [-0.1, -0.05) is 24.6 Å². The highest BCUT2D eigenvalue weighted by atomic mass is 16.5. The van der Waals surface area contributed by atoms with Gasteiger partial charge in [0.1, 0.15) is 5.75 Å². The number of rotatable bonds is 3. The third-order valence-electron chi connectivity index (χ3n) is 6.11. The van der Waals surface area contributed by atoms with Crippen LogP contribution in [0.2, 0.25) is 0 Å². The summed E-state index contributed by atoms with van der Waals surface area (Å²) in [5, 5.41) is 10.6. The monoisotopic (exact) mass is 330 g/mol. The largest absolute Gasteiger partial charge is 0.508 e. The molecule has 24 heavy (non-hydrogen) atoms. The first-order valence-electron chi connectivity index (χ1n) is 9.25. The van der Waals surface area contributed by atoms with E-state index in [0.717, 1.165) is 36.8 Å². The summed E-state index contributed by atoms with van der Waals surface area (Å²) in [4.78, 5) is 12.7. The molecule has 2 fully saturated rings. The summed E-state index contributed by atoms with van der Waals surface area (Å²) in [6.45, 7) is 8.74. The van der Waals surface area contributed by atoms with Gasteiger partial charge in [0.2, 0.25) is 0 Å². The van der Waals surface area contributed by atoms with Crippen LogP contribution in [-0.2, 0) is 14.9 Å². The number of aromatic hydroxyl groups is 1. The van der Waals surface area contributed by atoms with Crippen molar-refractivity contribution in [3.8, 4) is 5.75 Å². The molecule has 0 radical (unpaired) electrons. The van der Waals surface area contributed by atoms with Gasteiger partial charge in [-0.15, -0.1) is 0 Å². The lowest BCUT2D eigenvalue weighted by Crippen LogP contribution is -2.49. The van der Waals surface area contributed by atoms with E-state index in [2.05, 4.69) is 26.8 Å². The molecule has 0 heterocycles. The zero-order chi connectivity index (χ0) is 17.5. The number of aryl methyl sites for hydroxylation is 1. The normalized spacial score (nSPS) is 35.5. The Morgan fingerprint density at radius 3 is 2.79 bits per heavy atom. The Bertz CT molecular complexity index is 634. The van der Waals surface area contributed by atoms with Gasteiger partial charge in [-0.2, -0.15) is 0 Å². The van der Waals surface area contributed by atoms with Gasteiger partial charge in [0.15, 0.2) is 0 Å². The summed E-state index contributed by atoms with van der Waals surface area (Å²) >= 11 is 0. The van der Waals surface area contributed by atoms with Crippen LogP contribution in [0, 0.1) is 24.2 Å². The van der Waals surface area contributed by atoms with Crippen LogP contribution in [0.15, 0.2) is 18.2 Å². The summed E-state index contributed by atoms with van der Waals surface area (Å²) < 4.78 is 5.41. The minimum absolute atomic E-state index is 0.0687. The Morgan fingerprint density at radius 2 is 2.08 bits per heavy atom. The van der Waals surface area contributed by atoms with Gasteiger partial charge in [-0.3, -0.25) is 4.79 Å². The third kappa shape index (κ3) is 2.94. The molecule has 4 unspecified atom stereocenters. The average Bonchev–Trinajstić information content (AvgIpc) is 2.48. The molecular weight excluding hydrogens is 300 g/mol. The van der Waals surface area contributed by atoms with Gasteiger partial charge in [0, 0.05) is 11.0 Å². The number of hydrogen-bond donors (Lipinski definition) is 1. The first-order valence-corrected chi connectivity index (χ1v) is 9.25. The molecule has 3 nitrogen and oxygen atoms in total. The van der Waals surface area contributed by atoms with Crippen molar-refractivity contribution in [2.45, 2.75) is 65.2 Å². The molecular formula is C21H30O3. The second-order valence-electron chi connectivity index (χ2n) is 8.58. The van der Waals surface area contributed by atoms with Crippen LogP contribution in [0.1, 0.15) is 64.0 Å². The summed E-state index contributed by atoms with van der Waals surface area (Å²) in [5.41, 5.74) is 1.64. The van der Waals surface area contributed by atoms with Gasteiger partial charge in [-0.25, -0.2) is 0 Å². The van der Waals surface area contributed by atoms with E-state index in [1.165, 1.54) is 6.42 Å². The fourth-order valence-corrected chi connectivity index (χ4v) is 5.65. The lowest BCUT2D eigenvalue weighted by Gasteiger charge is -2.53. The predicted octanol–water partition coefficient (Wildman–Crippen LogP) is 4.74. The van der Waals surface area contributed by atoms with Crippen LogP contribution in [0.4, 0.5) is 0 Å². The first kappa shape index (κ1) is 17.3. The molecule has 1 aromatic carbocycles. The Kier molecular flexibility index (Phi) is 4.39. The second-order valence-corrected chi connectivity index (χ2v) is 8.58. The summed E-state index contributed by atoms with van der Waals surface area (Å²) in [6, 6.07) is 5.89. The van der Waals surface area contributed by atoms with Gasteiger partial charge in [-0.05, 0) is 70.8 Å². The number of esters is 1. The zero-order valence-electron chi connectivity index (χ0n) is 15.4. The fourth-order valence-electron chi connectivity index (χ4n) is 5.65. The molecule has 3 rings (SSSR count). The highest BCUT2D eigenvalue weighted by Crippen LogP contribution is 2.59. The van der Waals surface area contributed by atoms with Gasteiger partial charge >= 0.3 is 5.97 Å². The van der Waals surface area contributed by atoms with Crippen LogP contribution < -0.4 is 0 Å². The summed E-state index contributed by atoms with van der Waals surface area (Å²) in [5.74, 6) is 1.45. The third-order valence-corrected chi connectivity index (χ3v) is 6.11. The molecule has 2 bridgehead atoms. The second kappa shape index (κ2) is 6.09. The average molecular weight is 330 g/mol. The van der Waals surface area contributed by atoms with Crippen LogP contribution in [0.5, 0.6) is 5.75 Å². The van der Waals surface area contributed by atoms with Crippen molar-refractivity contribution in [1.29, 1.82) is 0 Å². The minimum atomic E-state index is -0.449. The van der Waals surface area contributed by atoms with E-state index in [0.29, 0.717) is 24.2 Å². The molecule has 3 heteroatoms. The number of carbonyl (C=O) groups is 1. The van der Waals surface area contributed by atoms with Crippen LogP contribution in [0.25, 0.3) is 0 Å². The molecule has 2 aliphatic rings. The Hall–Kier alpha value is -1.51. The minimum Gasteiger partial charge on any atom is -0.508 e. The Labute approximate surface area is 145 Å². The van der Waals surface area contributed by atoms with Crippen LogP contribution in [0.3, 0.4) is 0 Å².